The van der Waals surface area contributed by atoms with E-state index in [4.69, 9.17) is 24.9 Å². The van der Waals surface area contributed by atoms with Gasteiger partial charge in [0, 0.05) is 31.9 Å². The van der Waals surface area contributed by atoms with E-state index in [1.54, 1.807) is 38.1 Å². The molecule has 0 saturated heterocycles. The van der Waals surface area contributed by atoms with E-state index in [2.05, 4.69) is 15.4 Å². The second-order valence-corrected chi connectivity index (χ2v) is 5.59. The number of hydrogen-bond donors (Lipinski definition) is 2. The predicted octanol–water partition coefficient (Wildman–Crippen LogP) is 1.84. The van der Waals surface area contributed by atoms with Gasteiger partial charge in [0.05, 0.1) is 26.1 Å². The minimum absolute atomic E-state index is 0.187. The van der Waals surface area contributed by atoms with Crippen molar-refractivity contribution < 1.29 is 14.2 Å². The van der Waals surface area contributed by atoms with Crippen LogP contribution in [-0.2, 0) is 4.74 Å². The van der Waals surface area contributed by atoms with Crippen LogP contribution in [0.3, 0.4) is 0 Å². The number of hydrogen-bond acceptors (Lipinski definition) is 8. The van der Waals surface area contributed by atoms with Crippen molar-refractivity contribution in [2.45, 2.75) is 6.42 Å². The summed E-state index contributed by atoms with van der Waals surface area (Å²) in [5.41, 5.74) is 7.84. The van der Waals surface area contributed by atoms with Gasteiger partial charge in [0.15, 0.2) is 11.5 Å². The summed E-state index contributed by atoms with van der Waals surface area (Å²) in [5.74, 6) is 2.14. The molecule has 0 aliphatic heterocycles. The van der Waals surface area contributed by atoms with Crippen molar-refractivity contribution in [1.82, 2.24) is 19.6 Å². The summed E-state index contributed by atoms with van der Waals surface area (Å²) in [6, 6.07) is 5.57. The largest absolute Gasteiger partial charge is 0.497 e. The molecular formula is C17H22N6O3. The van der Waals surface area contributed by atoms with Gasteiger partial charge in [-0.15, -0.1) is 5.10 Å². The van der Waals surface area contributed by atoms with Crippen LogP contribution in [0.15, 0.2) is 24.4 Å². The van der Waals surface area contributed by atoms with E-state index in [1.165, 1.54) is 0 Å². The molecule has 3 rings (SSSR count). The van der Waals surface area contributed by atoms with Crippen LogP contribution in [0.5, 0.6) is 11.5 Å². The number of anilines is 2. The highest BCUT2D eigenvalue weighted by atomic mass is 16.5. The molecule has 0 atom stereocenters. The van der Waals surface area contributed by atoms with Crippen LogP contribution < -0.4 is 20.5 Å². The minimum atomic E-state index is 0.187. The van der Waals surface area contributed by atoms with E-state index in [0.29, 0.717) is 41.8 Å². The van der Waals surface area contributed by atoms with Crippen molar-refractivity contribution in [3.05, 3.63) is 24.4 Å². The van der Waals surface area contributed by atoms with Crippen LogP contribution in [0.4, 0.5) is 11.8 Å². The fourth-order valence-electron chi connectivity index (χ4n) is 2.54. The Hall–Kier alpha value is -3.07. The molecule has 0 radical (unpaired) electrons. The van der Waals surface area contributed by atoms with Crippen LogP contribution >= 0.6 is 0 Å². The monoisotopic (exact) mass is 358 g/mol. The summed E-state index contributed by atoms with van der Waals surface area (Å²) in [4.78, 5) is 8.93. The minimum Gasteiger partial charge on any atom is -0.497 e. The molecule has 0 fully saturated rings. The first kappa shape index (κ1) is 17.7. The second kappa shape index (κ2) is 7.87. The third kappa shape index (κ3) is 3.77. The Morgan fingerprint density at radius 2 is 1.81 bits per heavy atom. The number of rotatable bonds is 8. The molecular weight excluding hydrogens is 336 g/mol. The van der Waals surface area contributed by atoms with Crippen LogP contribution in [-0.4, -0.2) is 54.1 Å². The van der Waals surface area contributed by atoms with E-state index in [9.17, 15) is 0 Å². The summed E-state index contributed by atoms with van der Waals surface area (Å²) in [7, 11) is 4.89. The van der Waals surface area contributed by atoms with Crippen LogP contribution in [0.2, 0.25) is 0 Å². The molecule has 0 spiro atoms. The van der Waals surface area contributed by atoms with Gasteiger partial charge in [0.2, 0.25) is 5.95 Å². The van der Waals surface area contributed by atoms with E-state index in [-0.39, 0.29) is 5.95 Å². The van der Waals surface area contributed by atoms with Crippen molar-refractivity contribution in [1.29, 1.82) is 0 Å². The van der Waals surface area contributed by atoms with Crippen molar-refractivity contribution in [3.63, 3.8) is 0 Å². The fraction of sp³-hybridized carbons (Fsp3) is 0.353. The Bertz CT molecular complexity index is 873. The molecule has 2 heterocycles. The molecule has 0 amide bonds. The molecule has 0 aliphatic carbocycles. The Balaban J connectivity index is 2.03. The van der Waals surface area contributed by atoms with Gasteiger partial charge in [-0.25, -0.2) is 9.50 Å². The van der Waals surface area contributed by atoms with E-state index in [0.717, 1.165) is 12.0 Å². The van der Waals surface area contributed by atoms with Gasteiger partial charge >= 0.3 is 0 Å². The summed E-state index contributed by atoms with van der Waals surface area (Å²) in [5, 5.41) is 7.48. The second-order valence-electron chi connectivity index (χ2n) is 5.59. The molecule has 3 aromatic rings. The Morgan fingerprint density at radius 3 is 2.46 bits per heavy atom. The van der Waals surface area contributed by atoms with Gasteiger partial charge < -0.3 is 25.3 Å². The molecule has 138 valence electrons. The summed E-state index contributed by atoms with van der Waals surface area (Å²) in [6.45, 7) is 1.35. The number of nitrogens with one attached hydrogen (secondary N) is 1. The maximum atomic E-state index is 5.76. The van der Waals surface area contributed by atoms with Crippen LogP contribution in [0.1, 0.15) is 6.42 Å². The van der Waals surface area contributed by atoms with Crippen LogP contribution in [0, 0.1) is 0 Å². The highest BCUT2D eigenvalue weighted by molar-refractivity contribution is 5.71. The SMILES string of the molecule is COCCCNc1nc(-c2cc(OC)cc(OC)c2)cn2nc(N)nc12. The molecule has 9 nitrogen and oxygen atoms in total. The number of ether oxygens (including phenoxy) is 3. The average molecular weight is 358 g/mol. The van der Waals surface area contributed by atoms with E-state index >= 15 is 0 Å². The number of fused-ring (bicyclic) bond motifs is 1. The zero-order valence-corrected chi connectivity index (χ0v) is 15.0. The van der Waals surface area contributed by atoms with Gasteiger partial charge in [-0.2, -0.15) is 4.98 Å². The Kier molecular flexibility index (Phi) is 5.37. The third-order valence-corrected chi connectivity index (χ3v) is 3.80. The third-order valence-electron chi connectivity index (χ3n) is 3.80. The molecule has 0 aliphatic rings. The first-order valence-electron chi connectivity index (χ1n) is 8.13. The lowest BCUT2D eigenvalue weighted by atomic mass is 10.1. The van der Waals surface area contributed by atoms with Gasteiger partial charge in [0.1, 0.15) is 11.5 Å². The van der Waals surface area contributed by atoms with Crippen LogP contribution in [0.25, 0.3) is 16.9 Å². The molecule has 2 aromatic heterocycles. The quantitative estimate of drug-likeness (QED) is 0.587. The standard InChI is InChI=1S/C17H22N6O3/c1-24-6-4-5-19-15-16-21-17(18)22-23(16)10-14(20-15)11-7-12(25-2)9-13(8-11)26-3/h7-10H,4-6H2,1-3H3,(H2,18,22)(H,19,20). The molecule has 0 saturated carbocycles. The highest BCUT2D eigenvalue weighted by Crippen LogP contribution is 2.30. The maximum absolute atomic E-state index is 5.76. The number of nitrogen functional groups attached to an aromatic ring is 1. The molecule has 3 N–H and O–H groups in total. The average Bonchev–Trinajstić information content (AvgIpc) is 3.04. The zero-order chi connectivity index (χ0) is 18.5. The molecule has 26 heavy (non-hydrogen) atoms. The first-order chi connectivity index (χ1) is 12.6. The van der Waals surface area contributed by atoms with Crippen molar-refractivity contribution >= 4 is 17.4 Å². The Labute approximate surface area is 151 Å². The highest BCUT2D eigenvalue weighted by Gasteiger charge is 2.13. The number of aromatic nitrogens is 4. The number of methoxy groups -OCH3 is 3. The lowest BCUT2D eigenvalue weighted by molar-refractivity contribution is 0.198. The topological polar surface area (TPSA) is 109 Å². The van der Waals surface area contributed by atoms with Gasteiger partial charge in [-0.05, 0) is 18.6 Å². The number of nitrogens with zero attached hydrogens (tertiary/aromatic N) is 4. The maximum Gasteiger partial charge on any atom is 0.240 e. The lowest BCUT2D eigenvalue weighted by Crippen LogP contribution is -2.08. The lowest BCUT2D eigenvalue weighted by Gasteiger charge is -2.11. The van der Waals surface area contributed by atoms with Gasteiger partial charge in [-0.1, -0.05) is 0 Å². The number of nitrogens with two attached hydrogens (primary N) is 1. The molecule has 0 unspecified atom stereocenters. The normalized spacial score (nSPS) is 10.9. The van der Waals surface area contributed by atoms with E-state index < -0.39 is 0 Å². The van der Waals surface area contributed by atoms with Crippen molar-refractivity contribution in [3.8, 4) is 22.8 Å². The molecule has 9 heteroatoms. The van der Waals surface area contributed by atoms with Crippen molar-refractivity contribution in [2.75, 3.05) is 45.5 Å². The van der Waals surface area contributed by atoms with E-state index in [1.807, 2.05) is 12.1 Å². The molecule has 1 aromatic carbocycles. The molecule has 0 bridgehead atoms. The smallest absolute Gasteiger partial charge is 0.240 e. The number of benzene rings is 1. The van der Waals surface area contributed by atoms with Crippen molar-refractivity contribution in [2.24, 2.45) is 0 Å². The summed E-state index contributed by atoms with van der Waals surface area (Å²) in [6.07, 6.45) is 2.61. The van der Waals surface area contributed by atoms with Gasteiger partial charge in [0.25, 0.3) is 0 Å². The summed E-state index contributed by atoms with van der Waals surface area (Å²) >= 11 is 0. The fourth-order valence-corrected chi connectivity index (χ4v) is 2.54. The Morgan fingerprint density at radius 1 is 1.08 bits per heavy atom. The van der Waals surface area contributed by atoms with Gasteiger partial charge in [-0.3, -0.25) is 0 Å². The summed E-state index contributed by atoms with van der Waals surface area (Å²) < 4.78 is 17.4. The first-order valence-corrected chi connectivity index (χ1v) is 8.13. The predicted molar refractivity (Wildman–Crippen MR) is 98.7 cm³/mol. The zero-order valence-electron chi connectivity index (χ0n) is 15.0.